The van der Waals surface area contributed by atoms with Crippen molar-refractivity contribution in [2.75, 3.05) is 6.61 Å². The molecular formula is C15H16N4O5S. The first-order valence-corrected chi connectivity index (χ1v) is 8.10. The summed E-state index contributed by atoms with van der Waals surface area (Å²) in [5, 5.41) is 29.4. The Morgan fingerprint density at radius 3 is 2.84 bits per heavy atom. The molecule has 3 aromatic rings. The monoisotopic (exact) mass is 364 g/mol. The van der Waals surface area contributed by atoms with E-state index in [9.17, 15) is 15.3 Å². The fourth-order valence-corrected chi connectivity index (χ4v) is 3.21. The van der Waals surface area contributed by atoms with Crippen LogP contribution in [0.3, 0.4) is 0 Å². The van der Waals surface area contributed by atoms with Gasteiger partial charge in [0.1, 0.15) is 41.1 Å². The summed E-state index contributed by atoms with van der Waals surface area (Å²) in [5.74, 6) is 1.29. The summed E-state index contributed by atoms with van der Waals surface area (Å²) in [4.78, 5) is 11.7. The number of hydrogen-bond donors (Lipinski definition) is 4. The van der Waals surface area contributed by atoms with Gasteiger partial charge in [0.05, 0.1) is 25.6 Å². The molecule has 0 saturated carbocycles. The van der Waals surface area contributed by atoms with Crippen LogP contribution in [0.5, 0.6) is 0 Å². The number of H-pyrrole nitrogens is 1. The van der Waals surface area contributed by atoms with Crippen molar-refractivity contribution in [3.8, 4) is 0 Å². The lowest BCUT2D eigenvalue weighted by molar-refractivity contribution is -0.0511. The molecule has 10 heteroatoms. The van der Waals surface area contributed by atoms with Crippen LogP contribution in [0.2, 0.25) is 0 Å². The molecule has 25 heavy (non-hydrogen) atoms. The summed E-state index contributed by atoms with van der Waals surface area (Å²) in [6.45, 7) is -0.400. The Bertz CT molecular complexity index is 937. The van der Waals surface area contributed by atoms with Gasteiger partial charge < -0.3 is 29.5 Å². The summed E-state index contributed by atoms with van der Waals surface area (Å²) < 4.78 is 12.7. The Hall–Kier alpha value is -2.11. The van der Waals surface area contributed by atoms with Gasteiger partial charge in [-0.25, -0.2) is 9.97 Å². The van der Waals surface area contributed by atoms with Crippen LogP contribution < -0.4 is 0 Å². The zero-order valence-corrected chi connectivity index (χ0v) is 13.8. The molecule has 4 N–H and O–H groups in total. The highest BCUT2D eigenvalue weighted by Gasteiger charge is 2.43. The molecule has 4 rings (SSSR count). The lowest BCUT2D eigenvalue weighted by atomic mass is 10.1. The van der Waals surface area contributed by atoms with Gasteiger partial charge >= 0.3 is 0 Å². The van der Waals surface area contributed by atoms with E-state index in [0.717, 1.165) is 5.76 Å². The second-order valence-corrected chi connectivity index (χ2v) is 6.21. The number of rotatable bonds is 4. The molecule has 9 nitrogen and oxygen atoms in total. The highest BCUT2D eigenvalue weighted by Crippen LogP contribution is 2.31. The van der Waals surface area contributed by atoms with Crippen LogP contribution in [0, 0.1) is 4.64 Å². The number of nitrogens with one attached hydrogen (secondary N) is 1. The van der Waals surface area contributed by atoms with Gasteiger partial charge in [0, 0.05) is 0 Å². The van der Waals surface area contributed by atoms with E-state index in [1.54, 1.807) is 16.9 Å². The number of aromatic amines is 1. The molecule has 3 aromatic heterocycles. The third kappa shape index (κ3) is 2.77. The van der Waals surface area contributed by atoms with Gasteiger partial charge in [-0.1, -0.05) is 12.2 Å². The number of fused-ring (bicyclic) bond motifs is 1. The van der Waals surface area contributed by atoms with E-state index in [2.05, 4.69) is 15.0 Å². The number of aliphatic hydroxyl groups is 3. The van der Waals surface area contributed by atoms with Crippen LogP contribution >= 0.6 is 12.2 Å². The van der Waals surface area contributed by atoms with Gasteiger partial charge in [-0.2, -0.15) is 0 Å². The van der Waals surface area contributed by atoms with Gasteiger partial charge in [-0.3, -0.25) is 4.57 Å². The van der Waals surface area contributed by atoms with Crippen LogP contribution in [-0.4, -0.2) is 59.8 Å². The zero-order valence-electron chi connectivity index (χ0n) is 12.9. The average Bonchev–Trinajstić information content (AvgIpc) is 3.30. The molecule has 0 radical (unpaired) electrons. The van der Waals surface area contributed by atoms with Crippen molar-refractivity contribution in [1.82, 2.24) is 19.5 Å². The number of aliphatic hydroxyl groups excluding tert-OH is 3. The third-order valence-corrected chi connectivity index (χ3v) is 4.49. The van der Waals surface area contributed by atoms with Crippen molar-refractivity contribution in [3.05, 3.63) is 40.9 Å². The molecule has 4 atom stereocenters. The van der Waals surface area contributed by atoms with Crippen molar-refractivity contribution in [1.29, 1.82) is 0 Å². The van der Waals surface area contributed by atoms with E-state index in [-0.39, 0.29) is 0 Å². The summed E-state index contributed by atoms with van der Waals surface area (Å²) in [7, 11) is 0. The maximum Gasteiger partial charge on any atom is 0.165 e. The number of nitrogens with zero attached hydrogens (tertiary/aromatic N) is 3. The van der Waals surface area contributed by atoms with Crippen molar-refractivity contribution in [2.24, 2.45) is 0 Å². The predicted octanol–water partition coefficient (Wildman–Crippen LogP) is 0.284. The van der Waals surface area contributed by atoms with E-state index in [0.29, 0.717) is 28.0 Å². The largest absolute Gasteiger partial charge is 0.469 e. The Morgan fingerprint density at radius 1 is 1.32 bits per heavy atom. The van der Waals surface area contributed by atoms with E-state index in [1.807, 2.05) is 6.07 Å². The van der Waals surface area contributed by atoms with E-state index < -0.39 is 31.1 Å². The van der Waals surface area contributed by atoms with Crippen molar-refractivity contribution < 1.29 is 24.5 Å². The molecule has 1 saturated heterocycles. The van der Waals surface area contributed by atoms with Gasteiger partial charge in [0.25, 0.3) is 0 Å². The number of ether oxygens (including phenoxy) is 1. The summed E-state index contributed by atoms with van der Waals surface area (Å²) in [6.07, 6.45) is -0.737. The first-order valence-electron chi connectivity index (χ1n) is 7.69. The van der Waals surface area contributed by atoms with Gasteiger partial charge in [-0.15, -0.1) is 0 Å². The Kier molecular flexibility index (Phi) is 4.13. The number of furan rings is 1. The SMILES string of the molecule is OC[C@H]1O[C@@H](n2cnc3c(=S)nc(Cc4ccco4)[nH]c32)[C@H](O)[C@@H]1O. The highest BCUT2D eigenvalue weighted by atomic mass is 32.1. The second-order valence-electron chi connectivity index (χ2n) is 5.82. The molecule has 0 unspecified atom stereocenters. The summed E-state index contributed by atoms with van der Waals surface area (Å²) in [6, 6.07) is 3.61. The van der Waals surface area contributed by atoms with E-state index >= 15 is 0 Å². The normalized spacial score (nSPS) is 26.5. The molecule has 0 aromatic carbocycles. The fourth-order valence-electron chi connectivity index (χ4n) is 2.95. The standard InChI is InChI=1S/C15H16N4O5S/c20-5-8-11(21)12(22)15(24-8)19-6-16-10-13(19)17-9(18-14(10)25)4-7-2-1-3-23-7/h1-3,6,8,11-12,15,20-22H,4-5H2,(H,17,18,25)/t8-,11-,12-,15-/m1/s1. The number of imidazole rings is 1. The Labute approximate surface area is 146 Å². The van der Waals surface area contributed by atoms with Crippen molar-refractivity contribution in [2.45, 2.75) is 31.0 Å². The lowest BCUT2D eigenvalue weighted by Crippen LogP contribution is -2.33. The molecule has 4 heterocycles. The molecule has 132 valence electrons. The Morgan fingerprint density at radius 2 is 2.16 bits per heavy atom. The molecule has 1 aliphatic rings. The number of hydrogen-bond acceptors (Lipinski definition) is 8. The molecule has 0 amide bonds. The smallest absolute Gasteiger partial charge is 0.165 e. The minimum Gasteiger partial charge on any atom is -0.469 e. The maximum absolute atomic E-state index is 10.2. The maximum atomic E-state index is 10.2. The van der Waals surface area contributed by atoms with Gasteiger partial charge in [-0.05, 0) is 12.1 Å². The molecule has 0 aliphatic carbocycles. The molecular weight excluding hydrogens is 348 g/mol. The molecule has 0 spiro atoms. The van der Waals surface area contributed by atoms with Crippen LogP contribution in [0.4, 0.5) is 0 Å². The first-order chi connectivity index (χ1) is 12.1. The highest BCUT2D eigenvalue weighted by molar-refractivity contribution is 7.71. The van der Waals surface area contributed by atoms with Gasteiger partial charge in [0.15, 0.2) is 10.9 Å². The Balaban J connectivity index is 1.75. The van der Waals surface area contributed by atoms with E-state index in [1.165, 1.54) is 6.33 Å². The average molecular weight is 364 g/mol. The predicted molar refractivity (Wildman–Crippen MR) is 87.2 cm³/mol. The number of aromatic nitrogens is 4. The molecule has 0 bridgehead atoms. The van der Waals surface area contributed by atoms with Crippen LogP contribution in [0.1, 0.15) is 17.8 Å². The van der Waals surface area contributed by atoms with Crippen LogP contribution in [0.15, 0.2) is 29.1 Å². The van der Waals surface area contributed by atoms with E-state index in [4.69, 9.17) is 21.4 Å². The summed E-state index contributed by atoms with van der Waals surface area (Å²) >= 11 is 5.29. The lowest BCUT2D eigenvalue weighted by Gasteiger charge is -2.17. The summed E-state index contributed by atoms with van der Waals surface area (Å²) in [5.41, 5.74) is 0.965. The quantitative estimate of drug-likeness (QED) is 0.486. The molecule has 1 fully saturated rings. The fraction of sp³-hybridized carbons (Fsp3) is 0.400. The topological polar surface area (TPSA) is 130 Å². The second kappa shape index (κ2) is 6.32. The molecule has 1 aliphatic heterocycles. The van der Waals surface area contributed by atoms with Crippen LogP contribution in [0.25, 0.3) is 11.2 Å². The van der Waals surface area contributed by atoms with Crippen molar-refractivity contribution >= 4 is 23.4 Å². The third-order valence-electron chi connectivity index (χ3n) is 4.21. The zero-order chi connectivity index (χ0) is 17.6. The van der Waals surface area contributed by atoms with Crippen LogP contribution in [-0.2, 0) is 11.2 Å². The van der Waals surface area contributed by atoms with Crippen molar-refractivity contribution in [3.63, 3.8) is 0 Å². The first kappa shape index (κ1) is 16.4. The minimum atomic E-state index is -1.21. The minimum absolute atomic E-state index is 0.306. The van der Waals surface area contributed by atoms with Gasteiger partial charge in [0.2, 0.25) is 0 Å².